The maximum Gasteiger partial charge on any atom is 0.253 e. The molecule has 21 heavy (non-hydrogen) atoms. The number of phenolic OH excluding ortho intramolecular Hbond substituents is 1. The Labute approximate surface area is 124 Å². The van der Waals surface area contributed by atoms with E-state index in [1.54, 1.807) is 12.1 Å². The number of ether oxygens (including phenoxy) is 1. The van der Waals surface area contributed by atoms with Gasteiger partial charge in [-0.2, -0.15) is 0 Å². The lowest BCUT2D eigenvalue weighted by Crippen LogP contribution is -2.31. The highest BCUT2D eigenvalue weighted by Gasteiger charge is 2.19. The molecule has 4 heteroatoms. The van der Waals surface area contributed by atoms with Gasteiger partial charge in [0.2, 0.25) is 0 Å². The predicted molar refractivity (Wildman–Crippen MR) is 81.0 cm³/mol. The zero-order valence-electron chi connectivity index (χ0n) is 12.0. The third-order valence-corrected chi connectivity index (χ3v) is 3.26. The minimum atomic E-state index is -0.615. The Morgan fingerprint density at radius 2 is 1.81 bits per heavy atom. The lowest BCUT2D eigenvalue weighted by Gasteiger charge is -2.15. The smallest absolute Gasteiger partial charge is 0.253 e. The molecule has 0 aliphatic rings. The third-order valence-electron chi connectivity index (χ3n) is 3.26. The molecule has 0 bridgehead atoms. The maximum atomic E-state index is 12.2. The van der Waals surface area contributed by atoms with Gasteiger partial charge in [-0.1, -0.05) is 48.5 Å². The van der Waals surface area contributed by atoms with E-state index in [2.05, 4.69) is 5.32 Å². The van der Waals surface area contributed by atoms with Crippen molar-refractivity contribution >= 4 is 5.91 Å². The van der Waals surface area contributed by atoms with Crippen molar-refractivity contribution in [1.82, 2.24) is 5.32 Å². The molecule has 2 aromatic carbocycles. The zero-order valence-corrected chi connectivity index (χ0v) is 12.0. The quantitative estimate of drug-likeness (QED) is 0.857. The minimum absolute atomic E-state index is 0.181. The van der Waals surface area contributed by atoms with E-state index in [4.69, 9.17) is 4.74 Å². The van der Waals surface area contributed by atoms with Gasteiger partial charge in [0, 0.05) is 13.7 Å². The number of rotatable bonds is 6. The summed E-state index contributed by atoms with van der Waals surface area (Å²) in [6.45, 7) is 0.448. The van der Waals surface area contributed by atoms with Crippen molar-refractivity contribution < 1.29 is 14.6 Å². The molecule has 2 aromatic rings. The van der Waals surface area contributed by atoms with Crippen molar-refractivity contribution in [2.24, 2.45) is 0 Å². The normalized spacial score (nSPS) is 11.9. The van der Waals surface area contributed by atoms with Crippen LogP contribution in [0.1, 0.15) is 17.2 Å². The maximum absolute atomic E-state index is 12.2. The van der Waals surface area contributed by atoms with E-state index < -0.39 is 6.10 Å². The molecule has 2 rings (SSSR count). The predicted octanol–water partition coefficient (Wildman–Crippen LogP) is 2.44. The van der Waals surface area contributed by atoms with Crippen LogP contribution in [0.25, 0.3) is 0 Å². The lowest BCUT2D eigenvalue weighted by atomic mass is 10.1. The summed E-state index contributed by atoms with van der Waals surface area (Å²) < 4.78 is 5.26. The summed E-state index contributed by atoms with van der Waals surface area (Å²) in [4.78, 5) is 12.2. The van der Waals surface area contributed by atoms with Crippen LogP contribution in [-0.2, 0) is 16.0 Å². The average molecular weight is 285 g/mol. The molecule has 1 amide bonds. The third kappa shape index (κ3) is 4.07. The van der Waals surface area contributed by atoms with E-state index in [0.717, 1.165) is 11.1 Å². The van der Waals surface area contributed by atoms with Crippen LogP contribution < -0.4 is 5.32 Å². The molecule has 2 N–H and O–H groups in total. The summed E-state index contributed by atoms with van der Waals surface area (Å²) in [6, 6.07) is 16.5. The Bertz CT molecular complexity index is 584. The van der Waals surface area contributed by atoms with Crippen LogP contribution in [-0.4, -0.2) is 24.7 Å². The van der Waals surface area contributed by atoms with E-state index in [9.17, 15) is 9.90 Å². The second kappa shape index (κ2) is 7.45. The van der Waals surface area contributed by atoms with Gasteiger partial charge in [0.15, 0.2) is 6.10 Å². The molecule has 0 fully saturated rings. The first-order chi connectivity index (χ1) is 10.2. The van der Waals surface area contributed by atoms with Crippen molar-refractivity contribution in [2.75, 3.05) is 13.7 Å². The Morgan fingerprint density at radius 1 is 1.14 bits per heavy atom. The number of aromatic hydroxyl groups is 1. The van der Waals surface area contributed by atoms with E-state index in [1.165, 1.54) is 7.11 Å². The van der Waals surface area contributed by atoms with Crippen molar-refractivity contribution in [1.29, 1.82) is 0 Å². The Hall–Kier alpha value is -2.33. The Balaban J connectivity index is 1.90. The van der Waals surface area contributed by atoms with E-state index in [0.29, 0.717) is 13.0 Å². The van der Waals surface area contributed by atoms with Gasteiger partial charge in [0.25, 0.3) is 5.91 Å². The molecule has 0 saturated heterocycles. The fourth-order valence-electron chi connectivity index (χ4n) is 2.16. The second-order valence-corrected chi connectivity index (χ2v) is 4.70. The van der Waals surface area contributed by atoms with E-state index in [-0.39, 0.29) is 11.7 Å². The highest BCUT2D eigenvalue weighted by molar-refractivity contribution is 5.82. The first kappa shape index (κ1) is 15.1. The van der Waals surface area contributed by atoms with Crippen LogP contribution in [0.3, 0.4) is 0 Å². The topological polar surface area (TPSA) is 58.6 Å². The Morgan fingerprint density at radius 3 is 2.48 bits per heavy atom. The van der Waals surface area contributed by atoms with Crippen LogP contribution in [0.2, 0.25) is 0 Å². The summed E-state index contributed by atoms with van der Waals surface area (Å²) in [5, 5.41) is 12.5. The molecule has 0 aliphatic heterocycles. The number of hydrogen-bond donors (Lipinski definition) is 2. The number of benzene rings is 2. The molecule has 0 radical (unpaired) electrons. The SMILES string of the molecule is CO[C@@H](C(=O)NCCc1ccccc1O)c1ccccc1. The fourth-order valence-corrected chi connectivity index (χ4v) is 2.16. The zero-order chi connectivity index (χ0) is 15.1. The molecule has 0 heterocycles. The molecule has 0 aliphatic carbocycles. The highest BCUT2D eigenvalue weighted by Crippen LogP contribution is 2.17. The first-order valence-electron chi connectivity index (χ1n) is 6.84. The monoisotopic (exact) mass is 285 g/mol. The van der Waals surface area contributed by atoms with Crippen molar-refractivity contribution in [3.8, 4) is 5.75 Å². The molecule has 0 aromatic heterocycles. The van der Waals surface area contributed by atoms with E-state index >= 15 is 0 Å². The molecule has 4 nitrogen and oxygen atoms in total. The van der Waals surface area contributed by atoms with Gasteiger partial charge < -0.3 is 15.2 Å². The standard InChI is InChI=1S/C17H19NO3/c1-21-16(14-8-3-2-4-9-14)17(20)18-12-11-13-7-5-6-10-15(13)19/h2-10,16,19H,11-12H2,1H3,(H,18,20)/t16-/m1/s1. The first-order valence-corrected chi connectivity index (χ1v) is 6.84. The fraction of sp³-hybridized carbons (Fsp3) is 0.235. The molecule has 0 unspecified atom stereocenters. The van der Waals surface area contributed by atoms with Gasteiger partial charge in [-0.05, 0) is 23.6 Å². The van der Waals surface area contributed by atoms with Gasteiger partial charge in [0.05, 0.1) is 0 Å². The molecular formula is C17H19NO3. The van der Waals surface area contributed by atoms with Gasteiger partial charge in [0.1, 0.15) is 5.75 Å². The number of para-hydroxylation sites is 1. The lowest BCUT2D eigenvalue weighted by molar-refractivity contribution is -0.131. The molecule has 0 spiro atoms. The van der Waals surface area contributed by atoms with Crippen LogP contribution in [0, 0.1) is 0 Å². The summed E-state index contributed by atoms with van der Waals surface area (Å²) in [5.74, 6) is 0.0669. The number of phenols is 1. The van der Waals surface area contributed by atoms with Gasteiger partial charge in [-0.3, -0.25) is 4.79 Å². The van der Waals surface area contributed by atoms with Crippen molar-refractivity contribution in [3.63, 3.8) is 0 Å². The summed E-state index contributed by atoms with van der Waals surface area (Å²) in [6.07, 6.45) is -0.0422. The van der Waals surface area contributed by atoms with Crippen LogP contribution in [0.5, 0.6) is 5.75 Å². The number of hydrogen-bond acceptors (Lipinski definition) is 3. The van der Waals surface area contributed by atoms with Crippen molar-refractivity contribution in [3.05, 3.63) is 65.7 Å². The summed E-state index contributed by atoms with van der Waals surface area (Å²) in [7, 11) is 1.51. The van der Waals surface area contributed by atoms with Gasteiger partial charge in [-0.25, -0.2) is 0 Å². The number of amides is 1. The van der Waals surface area contributed by atoms with E-state index in [1.807, 2.05) is 42.5 Å². The Kier molecular flexibility index (Phi) is 5.35. The van der Waals surface area contributed by atoms with Crippen molar-refractivity contribution in [2.45, 2.75) is 12.5 Å². The molecule has 0 saturated carbocycles. The second-order valence-electron chi connectivity index (χ2n) is 4.70. The average Bonchev–Trinajstić information content (AvgIpc) is 2.51. The van der Waals surface area contributed by atoms with Crippen LogP contribution in [0.15, 0.2) is 54.6 Å². The summed E-state index contributed by atoms with van der Waals surface area (Å²) in [5.41, 5.74) is 1.63. The van der Waals surface area contributed by atoms with Gasteiger partial charge in [-0.15, -0.1) is 0 Å². The molecular weight excluding hydrogens is 266 g/mol. The van der Waals surface area contributed by atoms with Gasteiger partial charge >= 0.3 is 0 Å². The molecule has 110 valence electrons. The number of nitrogens with one attached hydrogen (secondary N) is 1. The minimum Gasteiger partial charge on any atom is -0.508 e. The van der Waals surface area contributed by atoms with Crippen LogP contribution in [0.4, 0.5) is 0 Å². The number of carbonyl (C=O) groups is 1. The largest absolute Gasteiger partial charge is 0.508 e. The number of carbonyl (C=O) groups excluding carboxylic acids is 1. The summed E-state index contributed by atoms with van der Waals surface area (Å²) >= 11 is 0. The number of methoxy groups -OCH3 is 1. The molecule has 1 atom stereocenters. The van der Waals surface area contributed by atoms with Crippen LogP contribution >= 0.6 is 0 Å². The highest BCUT2D eigenvalue weighted by atomic mass is 16.5.